The second-order valence-corrected chi connectivity index (χ2v) is 5.07. The lowest BCUT2D eigenvalue weighted by Crippen LogP contribution is -2.02. The molecule has 0 aliphatic heterocycles. The number of benzene rings is 1. The fourth-order valence-electron chi connectivity index (χ4n) is 1.74. The molecule has 0 spiro atoms. The summed E-state index contributed by atoms with van der Waals surface area (Å²) in [5, 5.41) is 14.1. The molecule has 2 aromatic rings. The van der Waals surface area contributed by atoms with Crippen molar-refractivity contribution in [3.8, 4) is 5.75 Å². The Kier molecular flexibility index (Phi) is 5.10. The average Bonchev–Trinajstić information content (AvgIpc) is 2.47. The summed E-state index contributed by atoms with van der Waals surface area (Å²) in [6.07, 6.45) is 1.68. The number of aromatic nitrogens is 1. The number of halogens is 1. The molecule has 6 nitrogen and oxygen atoms in total. The van der Waals surface area contributed by atoms with Gasteiger partial charge in [-0.3, -0.25) is 10.1 Å². The Morgan fingerprint density at radius 3 is 2.81 bits per heavy atom. The second kappa shape index (κ2) is 7.03. The van der Waals surface area contributed by atoms with Crippen molar-refractivity contribution in [2.45, 2.75) is 13.5 Å². The molecule has 7 heteroatoms. The lowest BCUT2D eigenvalue weighted by Gasteiger charge is -2.09. The summed E-state index contributed by atoms with van der Waals surface area (Å²) in [6.45, 7) is 3.00. The molecular formula is C14H14BrN3O3. The van der Waals surface area contributed by atoms with Crippen molar-refractivity contribution in [1.82, 2.24) is 4.98 Å². The Labute approximate surface area is 130 Å². The predicted octanol–water partition coefficient (Wildman–Crippen LogP) is 3.76. The largest absolute Gasteiger partial charge is 0.481 e. The Hall–Kier alpha value is -2.15. The quantitative estimate of drug-likeness (QED) is 0.633. The summed E-state index contributed by atoms with van der Waals surface area (Å²) in [7, 11) is 0. The summed E-state index contributed by atoms with van der Waals surface area (Å²) < 4.78 is 6.12. The molecule has 0 bridgehead atoms. The number of ether oxygens (including phenoxy) is 1. The Bertz CT molecular complexity index is 632. The maximum atomic E-state index is 11.0. The van der Waals surface area contributed by atoms with Gasteiger partial charge in [0, 0.05) is 24.4 Å². The van der Waals surface area contributed by atoms with Crippen LogP contribution in [0.3, 0.4) is 0 Å². The van der Waals surface area contributed by atoms with Gasteiger partial charge >= 0.3 is 5.69 Å². The maximum Gasteiger partial charge on any atom is 0.312 e. The van der Waals surface area contributed by atoms with Gasteiger partial charge in [-0.1, -0.05) is 12.1 Å². The molecule has 1 aromatic heterocycles. The Balaban J connectivity index is 2.11. The minimum Gasteiger partial charge on any atom is -0.481 e. The highest BCUT2D eigenvalue weighted by molar-refractivity contribution is 9.10. The first kappa shape index (κ1) is 15.2. The van der Waals surface area contributed by atoms with E-state index < -0.39 is 4.92 Å². The first-order valence-electron chi connectivity index (χ1n) is 6.36. The summed E-state index contributed by atoms with van der Waals surface area (Å²) in [5.41, 5.74) is 0.767. The smallest absolute Gasteiger partial charge is 0.312 e. The molecule has 21 heavy (non-hydrogen) atoms. The molecule has 110 valence electrons. The van der Waals surface area contributed by atoms with E-state index in [4.69, 9.17) is 4.74 Å². The van der Waals surface area contributed by atoms with E-state index >= 15 is 0 Å². The second-order valence-electron chi connectivity index (χ2n) is 4.22. The van der Waals surface area contributed by atoms with Crippen LogP contribution in [0.2, 0.25) is 0 Å². The van der Waals surface area contributed by atoms with Gasteiger partial charge in [-0.25, -0.2) is 4.98 Å². The molecule has 0 fully saturated rings. The van der Waals surface area contributed by atoms with E-state index in [1.165, 1.54) is 6.07 Å². The van der Waals surface area contributed by atoms with Gasteiger partial charge < -0.3 is 10.1 Å². The summed E-state index contributed by atoms with van der Waals surface area (Å²) in [4.78, 5) is 14.7. The van der Waals surface area contributed by atoms with Gasteiger partial charge in [0.15, 0.2) is 0 Å². The van der Waals surface area contributed by atoms with Crippen LogP contribution in [0.5, 0.6) is 5.75 Å². The molecule has 0 aliphatic carbocycles. The van der Waals surface area contributed by atoms with E-state index in [2.05, 4.69) is 26.2 Å². The Morgan fingerprint density at radius 2 is 2.19 bits per heavy atom. The van der Waals surface area contributed by atoms with Crippen LogP contribution in [0.4, 0.5) is 11.5 Å². The van der Waals surface area contributed by atoms with Crippen LogP contribution >= 0.6 is 15.9 Å². The van der Waals surface area contributed by atoms with Crippen molar-refractivity contribution in [1.29, 1.82) is 0 Å². The van der Waals surface area contributed by atoms with Crippen LogP contribution in [0.25, 0.3) is 0 Å². The minimum absolute atomic E-state index is 0.0680. The van der Waals surface area contributed by atoms with E-state index in [-0.39, 0.29) is 18.0 Å². The van der Waals surface area contributed by atoms with Crippen molar-refractivity contribution >= 4 is 27.4 Å². The monoisotopic (exact) mass is 351 g/mol. The maximum absolute atomic E-state index is 11.0. The van der Waals surface area contributed by atoms with Gasteiger partial charge in [0.2, 0.25) is 5.75 Å². The van der Waals surface area contributed by atoms with E-state index in [0.29, 0.717) is 4.47 Å². The van der Waals surface area contributed by atoms with Crippen molar-refractivity contribution in [2.24, 2.45) is 0 Å². The highest BCUT2D eigenvalue weighted by Gasteiger charge is 2.17. The molecule has 0 unspecified atom stereocenters. The standard InChI is InChI=1S/C14H14BrN3O3/c1-2-16-13-7-6-10(8-17-13)9-21-14-11(15)4-3-5-12(14)18(19)20/h3-8H,2,9H2,1H3,(H,16,17). The number of hydrogen-bond donors (Lipinski definition) is 1. The van der Waals surface area contributed by atoms with Crippen molar-refractivity contribution in [3.63, 3.8) is 0 Å². The minimum atomic E-state index is -0.466. The lowest BCUT2D eigenvalue weighted by molar-refractivity contribution is -0.386. The topological polar surface area (TPSA) is 77.3 Å². The van der Waals surface area contributed by atoms with Crippen LogP contribution in [-0.2, 0) is 6.61 Å². The SMILES string of the molecule is CCNc1ccc(COc2c(Br)cccc2[N+](=O)[O-])cn1. The summed E-state index contributed by atoms with van der Waals surface area (Å²) in [6, 6.07) is 8.42. The van der Waals surface area contributed by atoms with Gasteiger partial charge in [-0.05, 0) is 35.0 Å². The van der Waals surface area contributed by atoms with E-state index in [1.807, 2.05) is 19.1 Å². The van der Waals surface area contributed by atoms with Crippen LogP contribution in [-0.4, -0.2) is 16.5 Å². The zero-order chi connectivity index (χ0) is 15.2. The average molecular weight is 352 g/mol. The van der Waals surface area contributed by atoms with Crippen molar-refractivity contribution in [3.05, 3.63) is 56.7 Å². The van der Waals surface area contributed by atoms with Gasteiger partial charge in [0.05, 0.1) is 9.40 Å². The van der Waals surface area contributed by atoms with E-state index in [9.17, 15) is 10.1 Å². The van der Waals surface area contributed by atoms with Gasteiger partial charge in [0.25, 0.3) is 0 Å². The van der Waals surface area contributed by atoms with E-state index in [0.717, 1.165) is 17.9 Å². The van der Waals surface area contributed by atoms with Crippen LogP contribution in [0, 0.1) is 10.1 Å². The molecule has 2 rings (SSSR count). The molecule has 0 atom stereocenters. The van der Waals surface area contributed by atoms with E-state index in [1.54, 1.807) is 18.3 Å². The van der Waals surface area contributed by atoms with Crippen molar-refractivity contribution < 1.29 is 9.66 Å². The first-order chi connectivity index (χ1) is 10.1. The summed E-state index contributed by atoms with van der Waals surface area (Å²) in [5.74, 6) is 1.01. The molecule has 0 saturated heterocycles. The number of pyridine rings is 1. The fourth-order valence-corrected chi connectivity index (χ4v) is 2.21. The third-order valence-corrected chi connectivity index (χ3v) is 3.33. The van der Waals surface area contributed by atoms with Crippen LogP contribution in [0.1, 0.15) is 12.5 Å². The molecule has 0 radical (unpaired) electrons. The molecule has 1 aromatic carbocycles. The number of para-hydroxylation sites is 1. The number of nitrogens with one attached hydrogen (secondary N) is 1. The molecule has 1 N–H and O–H groups in total. The van der Waals surface area contributed by atoms with Crippen LogP contribution < -0.4 is 10.1 Å². The highest BCUT2D eigenvalue weighted by Crippen LogP contribution is 2.35. The summed E-state index contributed by atoms with van der Waals surface area (Å²) >= 11 is 3.27. The molecular weight excluding hydrogens is 338 g/mol. The predicted molar refractivity (Wildman–Crippen MR) is 83.5 cm³/mol. The number of hydrogen-bond acceptors (Lipinski definition) is 5. The van der Waals surface area contributed by atoms with Gasteiger partial charge in [0.1, 0.15) is 12.4 Å². The van der Waals surface area contributed by atoms with Crippen molar-refractivity contribution in [2.75, 3.05) is 11.9 Å². The van der Waals surface area contributed by atoms with Gasteiger partial charge in [-0.2, -0.15) is 0 Å². The van der Waals surface area contributed by atoms with Gasteiger partial charge in [-0.15, -0.1) is 0 Å². The highest BCUT2D eigenvalue weighted by atomic mass is 79.9. The number of rotatable bonds is 6. The number of anilines is 1. The molecule has 0 amide bonds. The number of nitro groups is 1. The Morgan fingerprint density at radius 1 is 1.38 bits per heavy atom. The zero-order valence-electron chi connectivity index (χ0n) is 11.4. The third kappa shape index (κ3) is 3.91. The number of nitrogens with zero attached hydrogens (tertiary/aromatic N) is 2. The van der Waals surface area contributed by atoms with Crippen LogP contribution in [0.15, 0.2) is 41.0 Å². The third-order valence-electron chi connectivity index (χ3n) is 2.71. The normalized spacial score (nSPS) is 10.2. The zero-order valence-corrected chi connectivity index (χ0v) is 13.0. The fraction of sp³-hybridized carbons (Fsp3) is 0.214. The number of nitro benzene ring substituents is 1. The molecule has 0 saturated carbocycles. The lowest BCUT2D eigenvalue weighted by atomic mass is 10.3. The molecule has 1 heterocycles. The first-order valence-corrected chi connectivity index (χ1v) is 7.15. The molecule has 0 aliphatic rings.